The average Bonchev–Trinajstić information content (AvgIpc) is 2.95. The lowest BCUT2D eigenvalue weighted by atomic mass is 10.1. The summed E-state index contributed by atoms with van der Waals surface area (Å²) in [6.45, 7) is 1.98. The molecule has 2 heterocycles. The van der Waals surface area contributed by atoms with Gasteiger partial charge in [0, 0.05) is 17.1 Å². The van der Waals surface area contributed by atoms with E-state index in [2.05, 4.69) is 15.1 Å². The first kappa shape index (κ1) is 11.8. The smallest absolute Gasteiger partial charge is 0.243 e. The minimum absolute atomic E-state index is 0.205. The van der Waals surface area contributed by atoms with Gasteiger partial charge in [-0.25, -0.2) is 0 Å². The largest absolute Gasteiger partial charge is 0.337 e. The number of hydrogen-bond donors (Lipinski definition) is 1. The van der Waals surface area contributed by atoms with Gasteiger partial charge in [0.15, 0.2) is 0 Å². The van der Waals surface area contributed by atoms with Crippen LogP contribution in [0.15, 0.2) is 41.1 Å². The standard InChI is InChI=1S/C14H14N4O/c1-2-11(15)14-17-13(18-19-14)10-5-6-12-9(8-10)4-3-7-16-12/h3-8,11H,2,15H2,1H3/t11-/m1/s1. The van der Waals surface area contributed by atoms with E-state index < -0.39 is 0 Å². The molecule has 0 aliphatic rings. The average molecular weight is 254 g/mol. The van der Waals surface area contributed by atoms with Gasteiger partial charge in [-0.15, -0.1) is 0 Å². The van der Waals surface area contributed by atoms with E-state index in [9.17, 15) is 0 Å². The summed E-state index contributed by atoms with van der Waals surface area (Å²) in [5.41, 5.74) is 7.72. The van der Waals surface area contributed by atoms with Crippen LogP contribution in [0.5, 0.6) is 0 Å². The van der Waals surface area contributed by atoms with Crippen molar-refractivity contribution in [2.75, 3.05) is 0 Å². The van der Waals surface area contributed by atoms with Gasteiger partial charge in [0.05, 0.1) is 11.6 Å². The van der Waals surface area contributed by atoms with Crippen molar-refractivity contribution in [2.45, 2.75) is 19.4 Å². The third kappa shape index (κ3) is 2.20. The van der Waals surface area contributed by atoms with E-state index in [4.69, 9.17) is 10.3 Å². The third-order valence-corrected chi connectivity index (χ3v) is 3.06. The second kappa shape index (κ2) is 4.78. The number of pyridine rings is 1. The molecule has 1 aromatic carbocycles. The normalized spacial score (nSPS) is 12.7. The highest BCUT2D eigenvalue weighted by atomic mass is 16.5. The molecule has 0 amide bonds. The molecule has 5 nitrogen and oxygen atoms in total. The Balaban J connectivity index is 2.01. The van der Waals surface area contributed by atoms with Crippen LogP contribution < -0.4 is 5.73 Å². The van der Waals surface area contributed by atoms with Gasteiger partial charge in [0.2, 0.25) is 11.7 Å². The lowest BCUT2D eigenvalue weighted by Crippen LogP contribution is -2.08. The van der Waals surface area contributed by atoms with Gasteiger partial charge in [-0.2, -0.15) is 4.98 Å². The van der Waals surface area contributed by atoms with E-state index in [-0.39, 0.29) is 6.04 Å². The van der Waals surface area contributed by atoms with E-state index in [0.29, 0.717) is 11.7 Å². The molecule has 0 radical (unpaired) electrons. The first-order valence-corrected chi connectivity index (χ1v) is 6.22. The molecule has 3 rings (SSSR count). The lowest BCUT2D eigenvalue weighted by Gasteiger charge is -2.00. The summed E-state index contributed by atoms with van der Waals surface area (Å²) in [6, 6.07) is 9.57. The van der Waals surface area contributed by atoms with Crippen molar-refractivity contribution in [3.63, 3.8) is 0 Å². The van der Waals surface area contributed by atoms with Crippen LogP contribution in [-0.2, 0) is 0 Å². The third-order valence-electron chi connectivity index (χ3n) is 3.06. The predicted molar refractivity (Wildman–Crippen MR) is 72.3 cm³/mol. The van der Waals surface area contributed by atoms with Gasteiger partial charge >= 0.3 is 0 Å². The fourth-order valence-electron chi connectivity index (χ4n) is 1.89. The Morgan fingerprint density at radius 3 is 3.05 bits per heavy atom. The highest BCUT2D eigenvalue weighted by Gasteiger charge is 2.14. The number of fused-ring (bicyclic) bond motifs is 1. The van der Waals surface area contributed by atoms with Crippen LogP contribution in [0.3, 0.4) is 0 Å². The Hall–Kier alpha value is -2.27. The second-order valence-electron chi connectivity index (χ2n) is 4.38. The molecule has 0 aliphatic carbocycles. The van der Waals surface area contributed by atoms with Crippen LogP contribution in [-0.4, -0.2) is 15.1 Å². The topological polar surface area (TPSA) is 77.8 Å². The van der Waals surface area contributed by atoms with Crippen molar-refractivity contribution in [3.05, 3.63) is 42.4 Å². The minimum atomic E-state index is -0.205. The Morgan fingerprint density at radius 2 is 2.21 bits per heavy atom. The number of nitrogens with two attached hydrogens (primary N) is 1. The van der Waals surface area contributed by atoms with E-state index in [1.165, 1.54) is 0 Å². The van der Waals surface area contributed by atoms with E-state index in [0.717, 1.165) is 22.9 Å². The molecular weight excluding hydrogens is 240 g/mol. The highest BCUT2D eigenvalue weighted by molar-refractivity contribution is 5.82. The fraction of sp³-hybridized carbons (Fsp3) is 0.214. The van der Waals surface area contributed by atoms with Crippen molar-refractivity contribution in [2.24, 2.45) is 5.73 Å². The number of nitrogens with zero attached hydrogens (tertiary/aromatic N) is 3. The summed E-state index contributed by atoms with van der Waals surface area (Å²) in [4.78, 5) is 8.61. The number of hydrogen-bond acceptors (Lipinski definition) is 5. The van der Waals surface area contributed by atoms with Crippen LogP contribution in [0.1, 0.15) is 25.3 Å². The maximum Gasteiger partial charge on any atom is 0.243 e. The van der Waals surface area contributed by atoms with Crippen molar-refractivity contribution in [1.82, 2.24) is 15.1 Å². The monoisotopic (exact) mass is 254 g/mol. The number of aromatic nitrogens is 3. The first-order valence-electron chi connectivity index (χ1n) is 6.22. The highest BCUT2D eigenvalue weighted by Crippen LogP contribution is 2.22. The Kier molecular flexibility index (Phi) is 2.97. The fourth-order valence-corrected chi connectivity index (χ4v) is 1.89. The van der Waals surface area contributed by atoms with Crippen LogP contribution in [0.25, 0.3) is 22.3 Å². The maximum atomic E-state index is 5.87. The molecule has 5 heteroatoms. The summed E-state index contributed by atoms with van der Waals surface area (Å²) in [7, 11) is 0. The van der Waals surface area contributed by atoms with E-state index in [1.807, 2.05) is 37.3 Å². The van der Waals surface area contributed by atoms with Crippen LogP contribution >= 0.6 is 0 Å². The van der Waals surface area contributed by atoms with Crippen molar-refractivity contribution < 1.29 is 4.52 Å². The zero-order valence-electron chi connectivity index (χ0n) is 10.6. The van der Waals surface area contributed by atoms with Gasteiger partial charge < -0.3 is 10.3 Å². The van der Waals surface area contributed by atoms with Crippen LogP contribution in [0, 0.1) is 0 Å². The Bertz CT molecular complexity index is 707. The summed E-state index contributed by atoms with van der Waals surface area (Å²) in [5, 5.41) is 5.02. The van der Waals surface area contributed by atoms with E-state index >= 15 is 0 Å². The molecule has 2 aromatic heterocycles. The molecule has 0 saturated heterocycles. The van der Waals surface area contributed by atoms with Crippen molar-refractivity contribution in [1.29, 1.82) is 0 Å². The minimum Gasteiger partial charge on any atom is -0.337 e. The van der Waals surface area contributed by atoms with E-state index in [1.54, 1.807) is 6.20 Å². The molecule has 3 aromatic rings. The van der Waals surface area contributed by atoms with Crippen LogP contribution in [0.2, 0.25) is 0 Å². The zero-order chi connectivity index (χ0) is 13.2. The van der Waals surface area contributed by atoms with Crippen molar-refractivity contribution >= 4 is 10.9 Å². The van der Waals surface area contributed by atoms with Crippen LogP contribution in [0.4, 0.5) is 0 Å². The molecular formula is C14H14N4O. The van der Waals surface area contributed by atoms with Gasteiger partial charge in [-0.05, 0) is 30.7 Å². The number of benzene rings is 1. The molecule has 0 unspecified atom stereocenters. The summed E-state index contributed by atoms with van der Waals surface area (Å²) in [5.74, 6) is 1.04. The van der Waals surface area contributed by atoms with Gasteiger partial charge in [0.25, 0.3) is 0 Å². The zero-order valence-corrected chi connectivity index (χ0v) is 10.6. The molecule has 0 aliphatic heterocycles. The van der Waals surface area contributed by atoms with Gasteiger partial charge in [-0.1, -0.05) is 18.1 Å². The first-order chi connectivity index (χ1) is 9.28. The van der Waals surface area contributed by atoms with Gasteiger partial charge in [-0.3, -0.25) is 4.98 Å². The number of rotatable bonds is 3. The molecule has 0 saturated carbocycles. The summed E-state index contributed by atoms with van der Waals surface area (Å²) < 4.78 is 5.18. The quantitative estimate of drug-likeness (QED) is 0.777. The molecule has 0 bridgehead atoms. The Morgan fingerprint density at radius 1 is 1.32 bits per heavy atom. The van der Waals surface area contributed by atoms with Gasteiger partial charge in [0.1, 0.15) is 0 Å². The second-order valence-corrected chi connectivity index (χ2v) is 4.38. The predicted octanol–water partition coefficient (Wildman–Crippen LogP) is 2.69. The molecule has 0 spiro atoms. The summed E-state index contributed by atoms with van der Waals surface area (Å²) >= 11 is 0. The SMILES string of the molecule is CC[C@@H](N)c1nc(-c2ccc3ncccc3c2)no1. The molecule has 96 valence electrons. The molecule has 0 fully saturated rings. The Labute approximate surface area is 110 Å². The maximum absolute atomic E-state index is 5.87. The molecule has 19 heavy (non-hydrogen) atoms. The lowest BCUT2D eigenvalue weighted by molar-refractivity contribution is 0.352. The van der Waals surface area contributed by atoms with Crippen molar-refractivity contribution in [3.8, 4) is 11.4 Å². The molecule has 1 atom stereocenters. The summed E-state index contributed by atoms with van der Waals surface area (Å²) in [6.07, 6.45) is 2.54. The molecule has 2 N–H and O–H groups in total.